The molecule has 0 aliphatic rings. The molecule has 0 radical (unpaired) electrons. The third-order valence-corrected chi connectivity index (χ3v) is 11.1. The molecule has 0 fully saturated rings. The van der Waals surface area contributed by atoms with Crippen molar-refractivity contribution in [2.75, 3.05) is 0 Å². The average molecular weight is 725 g/mol. The molecule has 0 unspecified atom stereocenters. The summed E-state index contributed by atoms with van der Waals surface area (Å²) in [6, 6.07) is 31.2. The van der Waals surface area contributed by atoms with Crippen molar-refractivity contribution in [3.05, 3.63) is 107 Å². The molecule has 4 rings (SSSR count). The van der Waals surface area contributed by atoms with Crippen molar-refractivity contribution in [1.29, 1.82) is 0 Å². The van der Waals surface area contributed by atoms with E-state index in [-0.39, 0.29) is 0 Å². The number of aliphatic imine (C=N–C) groups is 2. The minimum Gasteiger partial charge on any atom is -0.255 e. The molecule has 0 saturated carbocycles. The standard InChI is InChI=1S/C52H72N2/c1-6-9-12-15-18-23-34-46-37-49(40-51(43(46)5)44-30-25-21-26-31-44)54-42(4)41-53-48-38-47(35-24-19-16-13-10-7-2)50(36-29-20-17-14-11-8-3)52(39-48)45-32-27-22-28-33-45/h21-22,25-28,30-33,37-41H,6-20,23-24,29,34-36H2,1-5H3. The fourth-order valence-corrected chi connectivity index (χ4v) is 7.86. The van der Waals surface area contributed by atoms with Crippen molar-refractivity contribution in [1.82, 2.24) is 0 Å². The zero-order chi connectivity index (χ0) is 38.2. The van der Waals surface area contributed by atoms with Crippen LogP contribution in [0.25, 0.3) is 22.3 Å². The van der Waals surface area contributed by atoms with Gasteiger partial charge < -0.3 is 0 Å². The molecule has 0 atom stereocenters. The molecule has 0 spiro atoms. The Balaban J connectivity index is 1.63. The number of benzene rings is 4. The van der Waals surface area contributed by atoms with Crippen LogP contribution in [0.15, 0.2) is 94.9 Å². The number of nitrogens with zero attached hydrogens (tertiary/aromatic N) is 2. The molecule has 2 heteroatoms. The Bertz CT molecular complexity index is 1680. The van der Waals surface area contributed by atoms with E-state index in [2.05, 4.69) is 120 Å². The highest BCUT2D eigenvalue weighted by molar-refractivity contribution is 6.30. The fourth-order valence-electron chi connectivity index (χ4n) is 7.86. The molecule has 0 bridgehead atoms. The maximum atomic E-state index is 5.17. The lowest BCUT2D eigenvalue weighted by molar-refractivity contribution is 0.599. The molecule has 0 aliphatic heterocycles. The first-order valence-electron chi connectivity index (χ1n) is 22.0. The summed E-state index contributed by atoms with van der Waals surface area (Å²) < 4.78 is 0. The molecule has 4 aromatic rings. The van der Waals surface area contributed by atoms with Crippen LogP contribution >= 0.6 is 0 Å². The lowest BCUT2D eigenvalue weighted by Gasteiger charge is -2.17. The summed E-state index contributed by atoms with van der Waals surface area (Å²) >= 11 is 0. The van der Waals surface area contributed by atoms with Crippen molar-refractivity contribution in [3.8, 4) is 22.3 Å². The van der Waals surface area contributed by atoms with Gasteiger partial charge in [0.05, 0.1) is 17.1 Å². The van der Waals surface area contributed by atoms with Crippen molar-refractivity contribution >= 4 is 23.3 Å². The van der Waals surface area contributed by atoms with Gasteiger partial charge in [0.1, 0.15) is 0 Å². The van der Waals surface area contributed by atoms with Crippen LogP contribution in [-0.4, -0.2) is 11.9 Å². The van der Waals surface area contributed by atoms with Gasteiger partial charge in [-0.2, -0.15) is 0 Å². The molecule has 0 saturated heterocycles. The van der Waals surface area contributed by atoms with E-state index in [0.717, 1.165) is 36.3 Å². The first kappa shape index (κ1) is 43.0. The molecule has 2 nitrogen and oxygen atoms in total. The van der Waals surface area contributed by atoms with Gasteiger partial charge in [-0.25, -0.2) is 0 Å². The molecular weight excluding hydrogens is 653 g/mol. The normalized spacial score (nSPS) is 11.9. The third-order valence-electron chi connectivity index (χ3n) is 11.1. The van der Waals surface area contributed by atoms with Gasteiger partial charge in [0.15, 0.2) is 0 Å². The van der Waals surface area contributed by atoms with Gasteiger partial charge in [-0.3, -0.25) is 9.98 Å². The van der Waals surface area contributed by atoms with Crippen molar-refractivity contribution in [2.24, 2.45) is 9.98 Å². The van der Waals surface area contributed by atoms with Crippen LogP contribution in [0.5, 0.6) is 0 Å². The van der Waals surface area contributed by atoms with Crippen LogP contribution in [-0.2, 0) is 19.3 Å². The van der Waals surface area contributed by atoms with Crippen LogP contribution in [0.4, 0.5) is 11.4 Å². The van der Waals surface area contributed by atoms with E-state index >= 15 is 0 Å². The summed E-state index contributed by atoms with van der Waals surface area (Å²) in [5.74, 6) is 0. The Labute approximate surface area is 331 Å². The van der Waals surface area contributed by atoms with Crippen LogP contribution in [0, 0.1) is 6.92 Å². The summed E-state index contributed by atoms with van der Waals surface area (Å²) in [7, 11) is 0. The van der Waals surface area contributed by atoms with Crippen LogP contribution in [0.1, 0.15) is 166 Å². The third kappa shape index (κ3) is 14.8. The largest absolute Gasteiger partial charge is 0.255 e. The van der Waals surface area contributed by atoms with Gasteiger partial charge in [0.25, 0.3) is 0 Å². The van der Waals surface area contributed by atoms with E-state index in [4.69, 9.17) is 9.98 Å². The summed E-state index contributed by atoms with van der Waals surface area (Å²) in [6.45, 7) is 11.3. The molecule has 0 aromatic heterocycles. The maximum absolute atomic E-state index is 5.17. The first-order chi connectivity index (χ1) is 26.5. The summed E-state index contributed by atoms with van der Waals surface area (Å²) in [5.41, 5.74) is 14.0. The van der Waals surface area contributed by atoms with E-state index in [9.17, 15) is 0 Å². The van der Waals surface area contributed by atoms with Crippen molar-refractivity contribution < 1.29 is 0 Å². The maximum Gasteiger partial charge on any atom is 0.0642 e. The van der Waals surface area contributed by atoms with Crippen LogP contribution in [0.2, 0.25) is 0 Å². The zero-order valence-electron chi connectivity index (χ0n) is 34.9. The molecule has 4 aromatic carbocycles. The zero-order valence-corrected chi connectivity index (χ0v) is 34.9. The number of hydrogen-bond donors (Lipinski definition) is 0. The van der Waals surface area contributed by atoms with Crippen molar-refractivity contribution in [2.45, 2.75) is 169 Å². The van der Waals surface area contributed by atoms with E-state index in [1.165, 1.54) is 155 Å². The molecule has 290 valence electrons. The Morgan fingerprint density at radius 3 is 1.48 bits per heavy atom. The monoisotopic (exact) mass is 725 g/mol. The quantitative estimate of drug-likeness (QED) is 0.0455. The molecule has 0 N–H and O–H groups in total. The Morgan fingerprint density at radius 2 is 0.926 bits per heavy atom. The minimum absolute atomic E-state index is 0.929. The lowest BCUT2D eigenvalue weighted by Crippen LogP contribution is -2.00. The Morgan fingerprint density at radius 1 is 0.481 bits per heavy atom. The number of rotatable bonds is 26. The highest BCUT2D eigenvalue weighted by Crippen LogP contribution is 2.35. The smallest absolute Gasteiger partial charge is 0.0642 e. The predicted molar refractivity (Wildman–Crippen MR) is 241 cm³/mol. The highest BCUT2D eigenvalue weighted by Gasteiger charge is 2.14. The number of unbranched alkanes of at least 4 members (excludes halogenated alkanes) is 15. The second kappa shape index (κ2) is 25.3. The van der Waals surface area contributed by atoms with Gasteiger partial charge in [0, 0.05) is 6.21 Å². The molecular formula is C52H72N2. The summed E-state index contributed by atoms with van der Waals surface area (Å²) in [4.78, 5) is 10.3. The van der Waals surface area contributed by atoms with E-state index in [0.29, 0.717) is 0 Å². The number of hydrogen-bond acceptors (Lipinski definition) is 2. The predicted octanol–water partition coefficient (Wildman–Crippen LogP) is 16.5. The molecule has 0 amide bonds. The fraction of sp³-hybridized carbons (Fsp3) is 0.500. The Hall–Kier alpha value is -3.78. The highest BCUT2D eigenvalue weighted by atomic mass is 14.8. The van der Waals surface area contributed by atoms with Crippen LogP contribution < -0.4 is 0 Å². The lowest BCUT2D eigenvalue weighted by atomic mass is 9.88. The second-order valence-corrected chi connectivity index (χ2v) is 15.7. The van der Waals surface area contributed by atoms with E-state index in [1.807, 2.05) is 6.21 Å². The second-order valence-electron chi connectivity index (χ2n) is 15.7. The van der Waals surface area contributed by atoms with E-state index < -0.39 is 0 Å². The first-order valence-corrected chi connectivity index (χ1v) is 22.0. The van der Waals surface area contributed by atoms with Crippen LogP contribution in [0.3, 0.4) is 0 Å². The van der Waals surface area contributed by atoms with E-state index in [1.54, 1.807) is 5.56 Å². The Kier molecular flexibility index (Phi) is 20.1. The minimum atomic E-state index is 0.929. The SMILES string of the molecule is CCCCCCCCc1cc(N=C(C)C=Nc2cc(CCCCCCCC)c(CCCCCCCC)c(-c3ccccc3)c2)cc(-c2ccccc2)c1C. The molecule has 0 heterocycles. The van der Waals surface area contributed by atoms with Gasteiger partial charge in [0.2, 0.25) is 0 Å². The average Bonchev–Trinajstić information content (AvgIpc) is 3.20. The topological polar surface area (TPSA) is 24.7 Å². The number of aryl methyl sites for hydroxylation is 2. The van der Waals surface area contributed by atoms with Gasteiger partial charge in [-0.05, 0) is 121 Å². The van der Waals surface area contributed by atoms with Gasteiger partial charge in [-0.1, -0.05) is 178 Å². The molecule has 54 heavy (non-hydrogen) atoms. The van der Waals surface area contributed by atoms with Gasteiger partial charge in [-0.15, -0.1) is 0 Å². The van der Waals surface area contributed by atoms with Crippen molar-refractivity contribution in [3.63, 3.8) is 0 Å². The summed E-state index contributed by atoms with van der Waals surface area (Å²) in [5, 5.41) is 0. The van der Waals surface area contributed by atoms with Gasteiger partial charge >= 0.3 is 0 Å². The molecule has 0 aliphatic carbocycles. The summed E-state index contributed by atoms with van der Waals surface area (Å²) in [6.07, 6.45) is 29.0.